The van der Waals surface area contributed by atoms with E-state index < -0.39 is 16.6 Å². The van der Waals surface area contributed by atoms with E-state index >= 15 is 0 Å². The first-order valence-corrected chi connectivity index (χ1v) is 33.0. The van der Waals surface area contributed by atoms with Crippen LogP contribution < -0.4 is 19.8 Å². The van der Waals surface area contributed by atoms with Crippen LogP contribution in [-0.2, 0) is 34.4 Å². The SMILES string of the molecule is C=C1C[C@H](C[C@@H]2C[C@@H](O[Si](C)(C)C(C)(C)C)C[C@H](c3coc(/C=C/C[C@H]4O[C@@H](/C(C)=C/I)[C@H](C)[C@@H](OCc5ccc(OC)c(OC)c5)[C@H]4C)n3)O2)O[C@@H](CCO[Si](c2ccccc2)(c2ccccc2)C(C)(C)C)C1. The van der Waals surface area contributed by atoms with Crippen molar-refractivity contribution in [2.75, 3.05) is 20.8 Å². The van der Waals surface area contributed by atoms with Gasteiger partial charge in [0.05, 0.1) is 63.6 Å². The molecular weight excluding hydrogens is 1070 g/mol. The lowest BCUT2D eigenvalue weighted by atomic mass is 9.80. The van der Waals surface area contributed by atoms with Gasteiger partial charge in [0.25, 0.3) is 8.32 Å². The van der Waals surface area contributed by atoms with Crippen LogP contribution in [0.3, 0.4) is 0 Å². The van der Waals surface area contributed by atoms with E-state index in [2.05, 4.69) is 175 Å². The van der Waals surface area contributed by atoms with Gasteiger partial charge in [0.1, 0.15) is 18.1 Å². The third-order valence-electron chi connectivity index (χ3n) is 16.2. The van der Waals surface area contributed by atoms with Gasteiger partial charge in [0, 0.05) is 31.3 Å². The van der Waals surface area contributed by atoms with Gasteiger partial charge in [-0.05, 0) is 106 Å². The predicted molar refractivity (Wildman–Crippen MR) is 312 cm³/mol. The van der Waals surface area contributed by atoms with Gasteiger partial charge < -0.3 is 41.7 Å². The van der Waals surface area contributed by atoms with E-state index in [1.807, 2.05) is 24.3 Å². The van der Waals surface area contributed by atoms with Gasteiger partial charge in [-0.1, -0.05) is 163 Å². The molecule has 1 aromatic heterocycles. The minimum atomic E-state index is -2.68. The van der Waals surface area contributed by atoms with Crippen LogP contribution in [0.2, 0.25) is 23.2 Å². The van der Waals surface area contributed by atoms with Crippen LogP contribution in [0.5, 0.6) is 11.5 Å². The Morgan fingerprint density at radius 3 is 2.09 bits per heavy atom. The summed E-state index contributed by atoms with van der Waals surface area (Å²) in [6.45, 7) is 30.8. The maximum absolute atomic E-state index is 7.31. The van der Waals surface area contributed by atoms with Crippen LogP contribution in [0.25, 0.3) is 6.08 Å². The summed E-state index contributed by atoms with van der Waals surface area (Å²) in [6, 6.07) is 27.7. The molecule has 3 fully saturated rings. The highest BCUT2D eigenvalue weighted by atomic mass is 127. The van der Waals surface area contributed by atoms with Crippen LogP contribution in [-0.4, -0.2) is 85.2 Å². The molecule has 0 amide bonds. The van der Waals surface area contributed by atoms with Crippen molar-refractivity contribution in [2.45, 2.75) is 186 Å². The first-order chi connectivity index (χ1) is 35.2. The highest BCUT2D eigenvalue weighted by Crippen LogP contribution is 2.44. The average molecular weight is 1160 g/mol. The molecule has 3 aromatic carbocycles. The fourth-order valence-corrected chi connectivity index (χ4v) is 17.6. The molecular formula is C61H86INO9Si2. The largest absolute Gasteiger partial charge is 0.493 e. The molecule has 404 valence electrons. The smallest absolute Gasteiger partial charge is 0.261 e. The minimum Gasteiger partial charge on any atom is -0.493 e. The zero-order chi connectivity index (χ0) is 53.4. The number of ether oxygens (including phenoxy) is 6. The summed E-state index contributed by atoms with van der Waals surface area (Å²) < 4.78 is 61.4. The molecule has 10 atom stereocenters. The Morgan fingerprint density at radius 1 is 0.811 bits per heavy atom. The van der Waals surface area contributed by atoms with Crippen molar-refractivity contribution in [2.24, 2.45) is 11.8 Å². The average Bonchev–Trinajstić information content (AvgIpc) is 3.84. The standard InChI is InChI=1S/C61H86INO9Si2/c1-41-32-46(30-31-68-74(61(8,9)10,50-22-17-15-18-23-50)51-24-19-16-20-25-51)69-47(33-41)35-48-36-49(72-73(13,14)60(5,6)7)37-55(70-48)52-40-66-57(63-52)27-21-26-53-43(3)59(44(4)58(71-53)42(2)38-62)67-39-45-28-29-54(64-11)56(34-45)65-12/h15-25,27-29,34,38,40,43-44,46-49,53,55,58-59H,1,26,30-33,35-37,39H2,2-14H3/b27-21+,42-38+/t43-,44-,46-,47+,48+,49+,53+,55+,58-,59-/m0/s1. The summed E-state index contributed by atoms with van der Waals surface area (Å²) >= 11 is 2.31. The number of nitrogens with zero attached hydrogens (tertiary/aromatic N) is 1. The van der Waals surface area contributed by atoms with Crippen LogP contribution in [0.1, 0.15) is 131 Å². The van der Waals surface area contributed by atoms with Crippen molar-refractivity contribution in [3.63, 3.8) is 0 Å². The molecule has 0 unspecified atom stereocenters. The molecule has 0 radical (unpaired) electrons. The van der Waals surface area contributed by atoms with Gasteiger partial charge in [-0.3, -0.25) is 0 Å². The number of hydrogen-bond donors (Lipinski definition) is 0. The zero-order valence-electron chi connectivity index (χ0n) is 46.7. The van der Waals surface area contributed by atoms with E-state index in [1.54, 1.807) is 20.5 Å². The van der Waals surface area contributed by atoms with Gasteiger partial charge in [-0.25, -0.2) is 4.98 Å². The van der Waals surface area contributed by atoms with Crippen molar-refractivity contribution in [1.29, 1.82) is 0 Å². The topological polar surface area (TPSA) is 99.9 Å². The molecule has 3 aliphatic rings. The Hall–Kier alpha value is -3.39. The number of rotatable bonds is 20. The quantitative estimate of drug-likeness (QED) is 0.0483. The molecule has 4 heterocycles. The van der Waals surface area contributed by atoms with Crippen molar-refractivity contribution >= 4 is 55.7 Å². The van der Waals surface area contributed by atoms with Crippen molar-refractivity contribution in [3.05, 3.63) is 130 Å². The Bertz CT molecular complexity index is 2440. The second-order valence-corrected chi connectivity index (χ2v) is 33.4. The normalized spacial score (nSPS) is 26.6. The number of methoxy groups -OCH3 is 2. The monoisotopic (exact) mass is 1160 g/mol. The molecule has 3 aliphatic heterocycles. The Labute approximate surface area is 459 Å². The molecule has 74 heavy (non-hydrogen) atoms. The van der Waals surface area contributed by atoms with Gasteiger partial charge >= 0.3 is 0 Å². The maximum Gasteiger partial charge on any atom is 0.261 e. The molecule has 0 aliphatic carbocycles. The first kappa shape index (κ1) is 58.3. The molecule has 13 heteroatoms. The lowest BCUT2D eigenvalue weighted by Crippen LogP contribution is -2.66. The van der Waals surface area contributed by atoms with Gasteiger partial charge in [-0.2, -0.15) is 0 Å². The van der Waals surface area contributed by atoms with Crippen molar-refractivity contribution in [3.8, 4) is 11.5 Å². The molecule has 0 spiro atoms. The Balaban J connectivity index is 1.02. The predicted octanol–water partition coefficient (Wildman–Crippen LogP) is 14.1. The molecule has 10 nitrogen and oxygen atoms in total. The summed E-state index contributed by atoms with van der Waals surface area (Å²) in [7, 11) is -1.48. The lowest BCUT2D eigenvalue weighted by Gasteiger charge is -2.45. The molecule has 7 rings (SSSR count). The summed E-state index contributed by atoms with van der Waals surface area (Å²) in [4.78, 5) is 5.03. The van der Waals surface area contributed by atoms with Crippen LogP contribution in [0, 0.1) is 11.8 Å². The molecule has 0 N–H and O–H groups in total. The van der Waals surface area contributed by atoms with E-state index in [4.69, 9.17) is 46.7 Å². The highest BCUT2D eigenvalue weighted by molar-refractivity contribution is 14.1. The highest BCUT2D eigenvalue weighted by Gasteiger charge is 2.50. The van der Waals surface area contributed by atoms with E-state index in [0.29, 0.717) is 43.4 Å². The minimum absolute atomic E-state index is 0.00784. The van der Waals surface area contributed by atoms with E-state index in [-0.39, 0.29) is 70.7 Å². The van der Waals surface area contributed by atoms with Crippen LogP contribution >= 0.6 is 22.6 Å². The fourth-order valence-electron chi connectivity index (χ4n) is 11.3. The fraction of sp³-hybridized carbons (Fsp3) is 0.557. The van der Waals surface area contributed by atoms with Crippen LogP contribution in [0.15, 0.2) is 117 Å². The van der Waals surface area contributed by atoms with Crippen molar-refractivity contribution in [1.82, 2.24) is 4.98 Å². The summed E-state index contributed by atoms with van der Waals surface area (Å²) in [6.07, 6.45) is 10.6. The number of hydrogen-bond acceptors (Lipinski definition) is 10. The van der Waals surface area contributed by atoms with E-state index in [1.165, 1.54) is 21.5 Å². The third kappa shape index (κ3) is 14.0. The van der Waals surface area contributed by atoms with E-state index in [0.717, 1.165) is 43.4 Å². The maximum atomic E-state index is 7.31. The Morgan fingerprint density at radius 2 is 1.47 bits per heavy atom. The first-order valence-electron chi connectivity index (χ1n) is 26.9. The number of halogens is 1. The summed E-state index contributed by atoms with van der Waals surface area (Å²) in [5.74, 6) is 2.21. The second kappa shape index (κ2) is 25.4. The molecule has 0 bridgehead atoms. The molecule has 0 saturated carbocycles. The van der Waals surface area contributed by atoms with Crippen molar-refractivity contribution < 1.29 is 41.7 Å². The van der Waals surface area contributed by atoms with E-state index in [9.17, 15) is 0 Å². The number of oxazole rings is 1. The summed E-state index contributed by atoms with van der Waals surface area (Å²) in [5, 5.41) is 2.54. The molecule has 3 saturated heterocycles. The summed E-state index contributed by atoms with van der Waals surface area (Å²) in [5.41, 5.74) is 4.22. The zero-order valence-corrected chi connectivity index (χ0v) is 50.8. The second-order valence-electron chi connectivity index (χ2n) is 23.7. The number of benzene rings is 3. The van der Waals surface area contributed by atoms with Crippen LogP contribution in [0.4, 0.5) is 0 Å². The Kier molecular flexibility index (Phi) is 20.0. The number of aromatic nitrogens is 1. The third-order valence-corrected chi connectivity index (χ3v) is 26.7. The molecule has 4 aromatic rings. The van der Waals surface area contributed by atoms with Gasteiger partial charge in [0.2, 0.25) is 5.89 Å². The lowest BCUT2D eigenvalue weighted by molar-refractivity contribution is -0.171. The van der Waals surface area contributed by atoms with Gasteiger partial charge in [0.15, 0.2) is 19.8 Å². The van der Waals surface area contributed by atoms with Gasteiger partial charge in [-0.15, -0.1) is 0 Å².